The summed E-state index contributed by atoms with van der Waals surface area (Å²) in [7, 11) is 0. The van der Waals surface area contributed by atoms with Crippen molar-refractivity contribution < 1.29 is 4.74 Å². The lowest BCUT2D eigenvalue weighted by molar-refractivity contribution is 0.448. The Labute approximate surface area is 82.2 Å². The molecule has 0 fully saturated rings. The third-order valence-corrected chi connectivity index (χ3v) is 2.29. The van der Waals surface area contributed by atoms with Crippen LogP contribution in [0.2, 0.25) is 0 Å². The first-order chi connectivity index (χ1) is 6.93. The number of para-hydroxylation sites is 2. The summed E-state index contributed by atoms with van der Waals surface area (Å²) in [6.45, 7) is 0. The number of rotatable bonds is 0. The number of fused-ring (bicyclic) bond motifs is 2. The Kier molecular flexibility index (Phi) is 1.53. The lowest BCUT2D eigenvalue weighted by Crippen LogP contribution is -2.12. The Bertz CT molecular complexity index is 469. The molecule has 1 aliphatic heterocycles. The van der Waals surface area contributed by atoms with E-state index < -0.39 is 0 Å². The zero-order valence-electron chi connectivity index (χ0n) is 7.60. The van der Waals surface area contributed by atoms with Crippen LogP contribution in [-0.2, 0) is 0 Å². The van der Waals surface area contributed by atoms with E-state index in [0.29, 0.717) is 0 Å². The zero-order chi connectivity index (χ0) is 9.38. The van der Waals surface area contributed by atoms with Crippen LogP contribution < -0.4 is 4.74 Å². The second kappa shape index (κ2) is 2.84. The lowest BCUT2D eigenvalue weighted by atomic mass is 10.1. The van der Waals surface area contributed by atoms with Gasteiger partial charge in [-0.25, -0.2) is 4.99 Å². The highest BCUT2D eigenvalue weighted by Crippen LogP contribution is 2.34. The summed E-state index contributed by atoms with van der Waals surface area (Å²) >= 11 is 0. The highest BCUT2D eigenvalue weighted by molar-refractivity contribution is 6.10. The van der Waals surface area contributed by atoms with Gasteiger partial charge < -0.3 is 4.74 Å². The van der Waals surface area contributed by atoms with Gasteiger partial charge in [0, 0.05) is 0 Å². The van der Waals surface area contributed by atoms with Gasteiger partial charge in [0.05, 0.1) is 0 Å². The molecule has 0 N–H and O–H groups in total. The maximum Gasteiger partial charge on any atom is 0.153 e. The van der Waals surface area contributed by atoms with Crippen molar-refractivity contribution in [3.63, 3.8) is 0 Å². The van der Waals surface area contributed by atoms with E-state index >= 15 is 0 Å². The van der Waals surface area contributed by atoms with Gasteiger partial charge >= 0.3 is 0 Å². The van der Waals surface area contributed by atoms with Crippen LogP contribution in [0.1, 0.15) is 6.42 Å². The molecule has 1 aliphatic carbocycles. The molecule has 1 heterocycles. The molecular weight excluding hydrogens is 174 g/mol. The largest absolute Gasteiger partial charge is 0.453 e. The van der Waals surface area contributed by atoms with Crippen LogP contribution in [0.3, 0.4) is 0 Å². The van der Waals surface area contributed by atoms with E-state index in [0.717, 1.165) is 29.3 Å². The van der Waals surface area contributed by atoms with Crippen molar-refractivity contribution in [2.75, 3.05) is 0 Å². The maximum absolute atomic E-state index is 5.71. The Balaban J connectivity index is 2.17. The Morgan fingerprint density at radius 3 is 3.14 bits per heavy atom. The highest BCUT2D eigenvalue weighted by atomic mass is 16.5. The second-order valence-corrected chi connectivity index (χ2v) is 3.27. The molecule has 0 saturated heterocycles. The average molecular weight is 183 g/mol. The number of allylic oxidation sites excluding steroid dienone is 3. The van der Waals surface area contributed by atoms with Gasteiger partial charge in [-0.1, -0.05) is 18.2 Å². The number of aliphatic imine (C=N–C) groups is 1. The smallest absolute Gasteiger partial charge is 0.153 e. The Morgan fingerprint density at radius 2 is 2.14 bits per heavy atom. The van der Waals surface area contributed by atoms with E-state index in [2.05, 4.69) is 17.1 Å². The van der Waals surface area contributed by atoms with Crippen LogP contribution in [0, 0.1) is 0 Å². The van der Waals surface area contributed by atoms with Crippen molar-refractivity contribution >= 4 is 11.4 Å². The standard InChI is InChI=1S/C12H9NO/c1-3-7-11-9(5-1)13-10-6-2-4-8-12(10)14-11/h1-3,5-8H,4H2. The average Bonchev–Trinajstić information content (AvgIpc) is 2.26. The summed E-state index contributed by atoms with van der Waals surface area (Å²) in [6, 6.07) is 7.82. The highest BCUT2D eigenvalue weighted by Gasteiger charge is 2.17. The van der Waals surface area contributed by atoms with E-state index in [1.165, 1.54) is 0 Å². The molecule has 14 heavy (non-hydrogen) atoms. The quantitative estimate of drug-likeness (QED) is 0.605. The van der Waals surface area contributed by atoms with E-state index in [1.807, 2.05) is 30.3 Å². The number of hydrogen-bond donors (Lipinski definition) is 0. The van der Waals surface area contributed by atoms with Crippen molar-refractivity contribution in [1.29, 1.82) is 0 Å². The summed E-state index contributed by atoms with van der Waals surface area (Å²) in [5, 5.41) is 0. The zero-order valence-corrected chi connectivity index (χ0v) is 7.60. The minimum absolute atomic E-state index is 0.845. The van der Waals surface area contributed by atoms with Crippen LogP contribution in [0.4, 0.5) is 5.69 Å². The summed E-state index contributed by atoms with van der Waals surface area (Å²) in [6.07, 6.45) is 7.07. The predicted octanol–water partition coefficient (Wildman–Crippen LogP) is 3.00. The molecule has 0 spiro atoms. The summed E-state index contributed by atoms with van der Waals surface area (Å²) in [4.78, 5) is 4.50. The molecule has 0 aromatic heterocycles. The van der Waals surface area contributed by atoms with Crippen molar-refractivity contribution in [1.82, 2.24) is 0 Å². The molecule has 0 bridgehead atoms. The van der Waals surface area contributed by atoms with E-state index in [9.17, 15) is 0 Å². The van der Waals surface area contributed by atoms with Gasteiger partial charge in [0.1, 0.15) is 17.2 Å². The van der Waals surface area contributed by atoms with E-state index in [-0.39, 0.29) is 0 Å². The fourth-order valence-electron chi connectivity index (χ4n) is 1.61. The molecule has 1 aromatic carbocycles. The molecule has 0 radical (unpaired) electrons. The molecule has 68 valence electrons. The fourth-order valence-corrected chi connectivity index (χ4v) is 1.61. The topological polar surface area (TPSA) is 21.6 Å². The van der Waals surface area contributed by atoms with Crippen molar-refractivity contribution in [2.24, 2.45) is 4.99 Å². The van der Waals surface area contributed by atoms with Gasteiger partial charge in [-0.05, 0) is 30.7 Å². The third-order valence-electron chi connectivity index (χ3n) is 2.29. The van der Waals surface area contributed by atoms with E-state index in [1.54, 1.807) is 0 Å². The Morgan fingerprint density at radius 1 is 1.21 bits per heavy atom. The number of benzene rings is 1. The van der Waals surface area contributed by atoms with Gasteiger partial charge in [-0.2, -0.15) is 0 Å². The number of hydrogen-bond acceptors (Lipinski definition) is 2. The Hall–Kier alpha value is -1.83. The maximum atomic E-state index is 5.71. The minimum Gasteiger partial charge on any atom is -0.453 e. The second-order valence-electron chi connectivity index (χ2n) is 3.27. The van der Waals surface area contributed by atoms with Gasteiger partial charge in [0.25, 0.3) is 0 Å². The molecule has 2 nitrogen and oxygen atoms in total. The molecule has 1 aromatic rings. The van der Waals surface area contributed by atoms with Crippen LogP contribution >= 0.6 is 0 Å². The van der Waals surface area contributed by atoms with Crippen molar-refractivity contribution in [2.45, 2.75) is 6.42 Å². The van der Waals surface area contributed by atoms with Crippen LogP contribution in [-0.4, -0.2) is 5.71 Å². The molecule has 3 rings (SSSR count). The molecule has 0 atom stereocenters. The first-order valence-corrected chi connectivity index (χ1v) is 4.66. The molecule has 0 amide bonds. The molecular formula is C12H9NO. The third kappa shape index (κ3) is 1.08. The minimum atomic E-state index is 0.845. The number of nitrogens with zero attached hydrogens (tertiary/aromatic N) is 1. The van der Waals surface area contributed by atoms with Crippen molar-refractivity contribution in [3.05, 3.63) is 48.3 Å². The lowest BCUT2D eigenvalue weighted by Gasteiger charge is -2.19. The van der Waals surface area contributed by atoms with E-state index in [4.69, 9.17) is 4.74 Å². The molecule has 2 heteroatoms. The SMILES string of the molecule is C1=CC2=Nc3ccccc3OC2=CC1. The summed E-state index contributed by atoms with van der Waals surface area (Å²) < 4.78 is 5.71. The van der Waals surface area contributed by atoms with Gasteiger partial charge in [-0.15, -0.1) is 0 Å². The number of ether oxygens (including phenoxy) is 1. The van der Waals surface area contributed by atoms with Crippen LogP contribution in [0.5, 0.6) is 5.75 Å². The first-order valence-electron chi connectivity index (χ1n) is 4.66. The van der Waals surface area contributed by atoms with Gasteiger partial charge in [0.2, 0.25) is 0 Å². The monoisotopic (exact) mass is 183 g/mol. The van der Waals surface area contributed by atoms with Gasteiger partial charge in [0.15, 0.2) is 5.75 Å². The van der Waals surface area contributed by atoms with Crippen LogP contribution in [0.25, 0.3) is 0 Å². The van der Waals surface area contributed by atoms with Gasteiger partial charge in [-0.3, -0.25) is 0 Å². The predicted molar refractivity (Wildman–Crippen MR) is 56.0 cm³/mol. The first kappa shape index (κ1) is 7.56. The normalized spacial score (nSPS) is 17.4. The molecule has 0 saturated carbocycles. The molecule has 2 aliphatic rings. The van der Waals surface area contributed by atoms with Crippen molar-refractivity contribution in [3.8, 4) is 5.75 Å². The molecule has 0 unspecified atom stereocenters. The fraction of sp³-hybridized carbons (Fsp3) is 0.0833. The summed E-state index contributed by atoms with van der Waals surface area (Å²) in [5.74, 6) is 1.73. The van der Waals surface area contributed by atoms with Crippen LogP contribution in [0.15, 0.2) is 53.2 Å². The summed E-state index contributed by atoms with van der Waals surface area (Å²) in [5.41, 5.74) is 1.83.